The van der Waals surface area contributed by atoms with Crippen molar-refractivity contribution < 1.29 is 0 Å². The molecule has 1 heterocycles. The lowest BCUT2D eigenvalue weighted by molar-refractivity contribution is 1.59. The van der Waals surface area contributed by atoms with E-state index in [0.29, 0.717) is 0 Å². The molecule has 0 N–H and O–H groups in total. The summed E-state index contributed by atoms with van der Waals surface area (Å²) in [6, 6.07) is 2.06. The van der Waals surface area contributed by atoms with Gasteiger partial charge in [-0.25, -0.2) is 0 Å². The van der Waals surface area contributed by atoms with Gasteiger partial charge in [0.1, 0.15) is 0 Å². The third-order valence-electron chi connectivity index (χ3n) is 0.835. The van der Waals surface area contributed by atoms with Crippen molar-refractivity contribution in [1.29, 1.82) is 0 Å². The lowest BCUT2D eigenvalue weighted by Crippen LogP contribution is -1.81. The maximum atomic E-state index is 4.17. The average molecular weight is 128 g/mol. The summed E-state index contributed by atoms with van der Waals surface area (Å²) in [4.78, 5) is 0. The second kappa shape index (κ2) is 1.94. The summed E-state index contributed by atoms with van der Waals surface area (Å²) < 4.78 is 1.12. The number of hydrogen-bond acceptors (Lipinski definition) is 1. The molecule has 0 aliphatic carbocycles. The van der Waals surface area contributed by atoms with Crippen molar-refractivity contribution in [2.75, 3.05) is 0 Å². The Balaban J connectivity index is 3.12. The molecule has 1 aromatic rings. The zero-order valence-electron chi connectivity index (χ0n) is 4.01. The molecule has 1 aromatic heterocycles. The Labute approximate surface area is 49.8 Å². The van der Waals surface area contributed by atoms with Gasteiger partial charge in [0.2, 0.25) is 0 Å². The van der Waals surface area contributed by atoms with E-state index in [1.165, 1.54) is 5.56 Å². The number of hydrogen-bond donors (Lipinski definition) is 0. The number of rotatable bonds is 0. The fourth-order valence-corrected chi connectivity index (χ4v) is 1.28. The van der Waals surface area contributed by atoms with Crippen molar-refractivity contribution in [2.24, 2.45) is 0 Å². The first-order valence-corrected chi connectivity index (χ1v) is 3.36. The third kappa shape index (κ3) is 1.02. The largest absolute Gasteiger partial charge is 0.143 e. The van der Waals surface area contributed by atoms with Gasteiger partial charge in [0, 0.05) is 13.9 Å². The van der Waals surface area contributed by atoms with Crippen LogP contribution >= 0.6 is 20.6 Å². The molecule has 0 bridgehead atoms. The van der Waals surface area contributed by atoms with E-state index in [1.54, 1.807) is 11.3 Å². The van der Waals surface area contributed by atoms with Gasteiger partial charge in [-0.3, -0.25) is 0 Å². The fraction of sp³-hybridized carbons (Fsp3) is 0.200. The Morgan fingerprint density at radius 2 is 2.43 bits per heavy atom. The highest BCUT2D eigenvalue weighted by atomic mass is 32.1. The second-order valence-electron chi connectivity index (χ2n) is 1.41. The Bertz CT molecular complexity index is 140. The van der Waals surface area contributed by atoms with E-state index < -0.39 is 0 Å². The van der Waals surface area contributed by atoms with Crippen molar-refractivity contribution in [2.45, 2.75) is 6.92 Å². The second-order valence-corrected chi connectivity index (χ2v) is 3.07. The number of aryl methyl sites for hydroxylation is 1. The molecular formula is C5H5PS. The smallest absolute Gasteiger partial charge is 0.0408 e. The van der Waals surface area contributed by atoms with Crippen LogP contribution in [0.1, 0.15) is 5.56 Å². The fourth-order valence-electron chi connectivity index (χ4n) is 0.365. The minimum absolute atomic E-state index is 1.12. The Kier molecular flexibility index (Phi) is 1.46. The standard InChI is InChI=1S/C5H5PS/c1-4-2-3-7-5(4)6/h2-3H,1H3. The predicted molar refractivity (Wildman–Crippen MR) is 35.6 cm³/mol. The van der Waals surface area contributed by atoms with Crippen LogP contribution in [0.3, 0.4) is 0 Å². The van der Waals surface area contributed by atoms with Gasteiger partial charge in [0.05, 0.1) is 0 Å². The van der Waals surface area contributed by atoms with Crippen LogP contribution < -0.4 is 4.62 Å². The van der Waals surface area contributed by atoms with E-state index in [9.17, 15) is 0 Å². The summed E-state index contributed by atoms with van der Waals surface area (Å²) >= 11 is 1.67. The first-order valence-electron chi connectivity index (χ1n) is 2.04. The first kappa shape index (κ1) is 5.27. The van der Waals surface area contributed by atoms with Crippen molar-refractivity contribution in [3.8, 4) is 0 Å². The number of thiophene rings is 1. The van der Waals surface area contributed by atoms with Crippen LogP contribution in [0.4, 0.5) is 0 Å². The lowest BCUT2D eigenvalue weighted by atomic mass is 10.4. The van der Waals surface area contributed by atoms with Gasteiger partial charge in [-0.1, -0.05) is 0 Å². The molecule has 0 atom stereocenters. The van der Waals surface area contributed by atoms with E-state index in [-0.39, 0.29) is 0 Å². The van der Waals surface area contributed by atoms with Crippen molar-refractivity contribution >= 4 is 25.2 Å². The molecule has 0 aliphatic heterocycles. The molecule has 1 rings (SSSR count). The van der Waals surface area contributed by atoms with Crippen molar-refractivity contribution in [3.63, 3.8) is 0 Å². The zero-order valence-corrected chi connectivity index (χ0v) is 5.72. The van der Waals surface area contributed by atoms with Gasteiger partial charge in [-0.2, -0.15) is 0 Å². The Morgan fingerprint density at radius 3 is 2.57 bits per heavy atom. The maximum absolute atomic E-state index is 4.17. The highest BCUT2D eigenvalue weighted by Crippen LogP contribution is 2.04. The van der Waals surface area contributed by atoms with Gasteiger partial charge < -0.3 is 0 Å². The van der Waals surface area contributed by atoms with Crippen LogP contribution in [0.25, 0.3) is 0 Å². The minimum atomic E-state index is 1.12. The summed E-state index contributed by atoms with van der Waals surface area (Å²) in [5.41, 5.74) is 1.27. The normalized spacial score (nSPS) is 9.43. The van der Waals surface area contributed by atoms with Gasteiger partial charge in [0.25, 0.3) is 0 Å². The van der Waals surface area contributed by atoms with Crippen LogP contribution in [0.5, 0.6) is 0 Å². The summed E-state index contributed by atoms with van der Waals surface area (Å²) in [6.45, 7) is 2.05. The van der Waals surface area contributed by atoms with Gasteiger partial charge >= 0.3 is 0 Å². The molecule has 0 aromatic carbocycles. The van der Waals surface area contributed by atoms with E-state index in [4.69, 9.17) is 0 Å². The van der Waals surface area contributed by atoms with Crippen LogP contribution in [0.15, 0.2) is 11.4 Å². The van der Waals surface area contributed by atoms with Gasteiger partial charge in [-0.15, -0.1) is 11.3 Å². The molecule has 0 aliphatic rings. The van der Waals surface area contributed by atoms with Crippen LogP contribution in [0, 0.1) is 6.92 Å². The summed E-state index contributed by atoms with van der Waals surface area (Å²) in [7, 11) is 4.17. The molecular weight excluding hydrogens is 123 g/mol. The van der Waals surface area contributed by atoms with E-state index >= 15 is 0 Å². The molecule has 0 saturated heterocycles. The molecule has 0 unspecified atom stereocenters. The minimum Gasteiger partial charge on any atom is -0.143 e. The molecule has 2 radical (unpaired) electrons. The molecule has 0 fully saturated rings. The quantitative estimate of drug-likeness (QED) is 0.469. The first-order chi connectivity index (χ1) is 3.30. The highest BCUT2D eigenvalue weighted by molar-refractivity contribution is 7.43. The summed E-state index contributed by atoms with van der Waals surface area (Å²) in [5, 5.41) is 2.04. The Hall–Kier alpha value is 0.130. The van der Waals surface area contributed by atoms with E-state index in [2.05, 4.69) is 22.2 Å². The highest BCUT2D eigenvalue weighted by Gasteiger charge is 1.88. The topological polar surface area (TPSA) is 0 Å². The zero-order chi connectivity index (χ0) is 5.28. The van der Waals surface area contributed by atoms with E-state index in [0.717, 1.165) is 4.62 Å². The average Bonchev–Trinajstić information content (AvgIpc) is 1.91. The van der Waals surface area contributed by atoms with Gasteiger partial charge in [-0.05, 0) is 23.9 Å². The molecule has 36 valence electrons. The van der Waals surface area contributed by atoms with Crippen LogP contribution in [-0.2, 0) is 0 Å². The van der Waals surface area contributed by atoms with Crippen molar-refractivity contribution in [1.82, 2.24) is 0 Å². The molecule has 0 spiro atoms. The van der Waals surface area contributed by atoms with Crippen LogP contribution in [0.2, 0.25) is 0 Å². The predicted octanol–water partition coefficient (Wildman–Crippen LogP) is 2.09. The SMILES string of the molecule is Cc1ccsc1[P]. The van der Waals surface area contributed by atoms with Crippen molar-refractivity contribution in [3.05, 3.63) is 17.0 Å². The lowest BCUT2D eigenvalue weighted by Gasteiger charge is -1.78. The Morgan fingerprint density at radius 1 is 1.71 bits per heavy atom. The monoisotopic (exact) mass is 128 g/mol. The van der Waals surface area contributed by atoms with E-state index in [1.807, 2.05) is 5.38 Å². The molecule has 2 heteroatoms. The molecule has 0 saturated carbocycles. The molecule has 7 heavy (non-hydrogen) atoms. The summed E-state index contributed by atoms with van der Waals surface area (Å²) in [5.74, 6) is 0. The molecule has 0 nitrogen and oxygen atoms in total. The van der Waals surface area contributed by atoms with Gasteiger partial charge in [0.15, 0.2) is 0 Å². The summed E-state index contributed by atoms with van der Waals surface area (Å²) in [6.07, 6.45) is 0. The molecule has 0 amide bonds. The third-order valence-corrected chi connectivity index (χ3v) is 2.32. The maximum Gasteiger partial charge on any atom is 0.0408 e. The van der Waals surface area contributed by atoms with Crippen LogP contribution in [-0.4, -0.2) is 0 Å².